The first-order valence-corrected chi connectivity index (χ1v) is 16.5. The van der Waals surface area contributed by atoms with Gasteiger partial charge in [-0.15, -0.1) is 6.58 Å². The van der Waals surface area contributed by atoms with Crippen molar-refractivity contribution in [2.24, 2.45) is 5.92 Å². The van der Waals surface area contributed by atoms with E-state index in [0.717, 1.165) is 15.2 Å². The largest absolute Gasteiger partial charge is 0.472 e. The van der Waals surface area contributed by atoms with Crippen LogP contribution in [0.5, 0.6) is 5.88 Å². The predicted molar refractivity (Wildman–Crippen MR) is 161 cm³/mol. The topological polar surface area (TPSA) is 164 Å². The molecule has 0 bridgehead atoms. The average Bonchev–Trinajstić information content (AvgIpc) is 3.89. The fourth-order valence-electron chi connectivity index (χ4n) is 5.41. The molecule has 3 fully saturated rings. The fraction of sp³-hybridized carbons (Fsp3) is 0.483. The van der Waals surface area contributed by atoms with Crippen LogP contribution in [0.3, 0.4) is 0 Å². The Bertz CT molecular complexity index is 1600. The van der Waals surface area contributed by atoms with Crippen LogP contribution in [0, 0.1) is 5.92 Å². The molecule has 43 heavy (non-hydrogen) atoms. The van der Waals surface area contributed by atoms with Crippen molar-refractivity contribution in [2.75, 3.05) is 6.54 Å². The Morgan fingerprint density at radius 3 is 2.65 bits per heavy atom. The number of pyridine rings is 1. The van der Waals surface area contributed by atoms with E-state index in [9.17, 15) is 27.6 Å². The molecule has 1 saturated heterocycles. The molecule has 1 aliphatic heterocycles. The Morgan fingerprint density at radius 2 is 2.00 bits per heavy atom. The molecule has 2 aromatic rings. The molecule has 0 unspecified atom stereocenters. The summed E-state index contributed by atoms with van der Waals surface area (Å²) < 4.78 is 34.2. The van der Waals surface area contributed by atoms with Gasteiger partial charge in [-0.2, -0.15) is 0 Å². The van der Waals surface area contributed by atoms with Gasteiger partial charge in [0.2, 0.25) is 33.6 Å². The number of rotatable bonds is 11. The molecule has 2 saturated carbocycles. The summed E-state index contributed by atoms with van der Waals surface area (Å²) in [6, 6.07) is 5.53. The minimum atomic E-state index is -3.85. The van der Waals surface area contributed by atoms with Gasteiger partial charge in [0.25, 0.3) is 5.91 Å². The molecule has 12 nitrogen and oxygen atoms in total. The van der Waals surface area contributed by atoms with Crippen LogP contribution in [0.1, 0.15) is 46.0 Å². The van der Waals surface area contributed by atoms with Crippen molar-refractivity contribution in [1.82, 2.24) is 25.2 Å². The molecule has 5 rings (SSSR count). The summed E-state index contributed by atoms with van der Waals surface area (Å²) in [5.41, 5.74) is -1.50. The first-order chi connectivity index (χ1) is 20.4. The number of carbonyl (C=O) groups excluding carboxylic acids is 4. The van der Waals surface area contributed by atoms with Gasteiger partial charge in [0.05, 0.1) is 11.8 Å². The summed E-state index contributed by atoms with van der Waals surface area (Å²) in [7, 11) is -3.85. The number of nitrogens with zero attached hydrogens (tertiary/aromatic N) is 2. The lowest BCUT2D eigenvalue weighted by Gasteiger charge is -2.28. The number of nitrogens with one attached hydrogen (secondary N) is 3. The van der Waals surface area contributed by atoms with Crippen LogP contribution in [0.25, 0.3) is 10.8 Å². The standard InChI is InChI=1S/C29H34BrN5O7S/c1-4-18-14-29(18,28(39)34-43(40,41)21-8-9-21)33-25(37)23-13-20(15-35(23)27(38)16(3)32-24(36)5-2)42-26-22-12-19(30)7-6-17(22)10-11-31-26/h4,6-7,10-12,16,18,20-21,23H,1,5,8-9,13-15H2,2-3H3,(H,32,36)(H,33,37)(H,34,39)/t16-,18-,20-,23+,29-/m1/s1. The summed E-state index contributed by atoms with van der Waals surface area (Å²) in [6.07, 6.45) is 3.85. The van der Waals surface area contributed by atoms with Gasteiger partial charge in [-0.05, 0) is 49.8 Å². The van der Waals surface area contributed by atoms with E-state index in [1.54, 1.807) is 13.1 Å². The maximum atomic E-state index is 13.8. The fourth-order valence-corrected chi connectivity index (χ4v) is 7.14. The lowest BCUT2D eigenvalue weighted by molar-refractivity contribution is -0.142. The maximum Gasteiger partial charge on any atom is 0.259 e. The third-order valence-electron chi connectivity index (χ3n) is 8.14. The number of amides is 4. The number of fused-ring (bicyclic) bond motifs is 1. The molecule has 5 atom stereocenters. The highest BCUT2D eigenvalue weighted by molar-refractivity contribution is 9.10. The summed E-state index contributed by atoms with van der Waals surface area (Å²) in [5.74, 6) is -2.42. The van der Waals surface area contributed by atoms with Gasteiger partial charge in [-0.25, -0.2) is 13.4 Å². The number of ether oxygens (including phenoxy) is 1. The number of sulfonamides is 1. The number of benzene rings is 1. The summed E-state index contributed by atoms with van der Waals surface area (Å²) in [4.78, 5) is 58.3. The van der Waals surface area contributed by atoms with Crippen molar-refractivity contribution in [1.29, 1.82) is 0 Å². The van der Waals surface area contributed by atoms with Crippen LogP contribution < -0.4 is 20.1 Å². The third kappa shape index (κ3) is 6.40. The number of hydrogen-bond donors (Lipinski definition) is 3. The zero-order valence-corrected chi connectivity index (χ0v) is 26.2. The van der Waals surface area contributed by atoms with Crippen molar-refractivity contribution in [3.8, 4) is 5.88 Å². The lowest BCUT2D eigenvalue weighted by Crippen LogP contribution is -2.58. The maximum absolute atomic E-state index is 13.8. The van der Waals surface area contributed by atoms with Crippen LogP contribution in [-0.4, -0.2) is 77.5 Å². The third-order valence-corrected chi connectivity index (χ3v) is 10.4. The van der Waals surface area contributed by atoms with Crippen molar-refractivity contribution in [2.45, 2.75) is 74.9 Å². The Balaban J connectivity index is 1.39. The van der Waals surface area contributed by atoms with Crippen LogP contribution in [0.4, 0.5) is 0 Å². The van der Waals surface area contributed by atoms with E-state index >= 15 is 0 Å². The Morgan fingerprint density at radius 1 is 1.26 bits per heavy atom. The predicted octanol–water partition coefficient (Wildman–Crippen LogP) is 1.93. The Labute approximate surface area is 258 Å². The van der Waals surface area contributed by atoms with Gasteiger partial charge in [0.1, 0.15) is 23.7 Å². The van der Waals surface area contributed by atoms with Gasteiger partial charge >= 0.3 is 0 Å². The van der Waals surface area contributed by atoms with Crippen LogP contribution in [-0.2, 0) is 29.2 Å². The normalized spacial score (nSPS) is 25.5. The zero-order valence-electron chi connectivity index (χ0n) is 23.8. The summed E-state index contributed by atoms with van der Waals surface area (Å²) in [6.45, 7) is 6.95. The molecule has 14 heteroatoms. The number of likely N-dealkylation sites (tertiary alicyclic amines) is 1. The number of aromatic nitrogens is 1. The Kier molecular flexibility index (Phi) is 8.54. The van der Waals surface area contributed by atoms with E-state index in [1.807, 2.05) is 24.3 Å². The second kappa shape index (κ2) is 11.9. The van der Waals surface area contributed by atoms with Gasteiger partial charge in [-0.3, -0.25) is 23.9 Å². The van der Waals surface area contributed by atoms with Crippen molar-refractivity contribution < 1.29 is 32.3 Å². The second-order valence-electron chi connectivity index (χ2n) is 11.3. The van der Waals surface area contributed by atoms with E-state index in [-0.39, 0.29) is 31.7 Å². The average molecular weight is 677 g/mol. The molecule has 1 aromatic heterocycles. The van der Waals surface area contributed by atoms with Gasteiger partial charge in [-0.1, -0.05) is 35.0 Å². The van der Waals surface area contributed by atoms with Crippen molar-refractivity contribution in [3.63, 3.8) is 0 Å². The molecule has 3 aliphatic rings. The summed E-state index contributed by atoms with van der Waals surface area (Å²) in [5, 5.41) is 6.39. The highest BCUT2D eigenvalue weighted by Crippen LogP contribution is 2.45. The molecule has 0 spiro atoms. The molecule has 2 heterocycles. The van der Waals surface area contributed by atoms with E-state index in [0.29, 0.717) is 18.7 Å². The highest BCUT2D eigenvalue weighted by atomic mass is 79.9. The van der Waals surface area contributed by atoms with Crippen LogP contribution in [0.2, 0.25) is 0 Å². The van der Waals surface area contributed by atoms with E-state index in [2.05, 4.69) is 42.8 Å². The summed E-state index contributed by atoms with van der Waals surface area (Å²) >= 11 is 3.46. The van der Waals surface area contributed by atoms with Gasteiger partial charge in [0, 0.05) is 34.8 Å². The first-order valence-electron chi connectivity index (χ1n) is 14.2. The molecule has 1 aromatic carbocycles. The lowest BCUT2D eigenvalue weighted by atomic mass is 10.1. The number of halogens is 1. The van der Waals surface area contributed by atoms with E-state index in [4.69, 9.17) is 4.74 Å². The molecular formula is C29H34BrN5O7S. The van der Waals surface area contributed by atoms with Crippen molar-refractivity contribution >= 4 is 60.4 Å². The smallest absolute Gasteiger partial charge is 0.259 e. The van der Waals surface area contributed by atoms with E-state index in [1.165, 1.54) is 17.9 Å². The monoisotopic (exact) mass is 675 g/mol. The molecule has 0 radical (unpaired) electrons. The molecule has 4 amide bonds. The van der Waals surface area contributed by atoms with Gasteiger partial charge in [0.15, 0.2) is 0 Å². The zero-order chi connectivity index (χ0) is 31.1. The molecule has 3 N–H and O–H groups in total. The quantitative estimate of drug-likeness (QED) is 0.304. The number of hydrogen-bond acceptors (Lipinski definition) is 8. The van der Waals surface area contributed by atoms with E-state index < -0.39 is 62.6 Å². The SMILES string of the molecule is C=C[C@@H]1C[C@]1(NC(=O)[C@@H]1C[C@@H](Oc2nccc3ccc(Br)cc23)CN1C(=O)[C@@H](C)NC(=O)CC)C(=O)NS(=O)(=O)C1CC1. The molecule has 230 valence electrons. The van der Waals surface area contributed by atoms with Crippen LogP contribution >= 0.6 is 15.9 Å². The molecule has 2 aliphatic carbocycles. The molecular weight excluding hydrogens is 642 g/mol. The highest BCUT2D eigenvalue weighted by Gasteiger charge is 2.62. The minimum Gasteiger partial charge on any atom is -0.472 e. The Hall–Kier alpha value is -3.52. The number of carbonyl (C=O) groups is 4. The van der Waals surface area contributed by atoms with Gasteiger partial charge < -0.3 is 20.3 Å². The second-order valence-corrected chi connectivity index (χ2v) is 14.2. The first kappa shape index (κ1) is 30.9. The minimum absolute atomic E-state index is 0.0233. The van der Waals surface area contributed by atoms with Crippen LogP contribution in [0.15, 0.2) is 47.6 Å². The van der Waals surface area contributed by atoms with Crippen molar-refractivity contribution in [3.05, 3.63) is 47.6 Å².